The van der Waals surface area contributed by atoms with Gasteiger partial charge in [0, 0.05) is 25.0 Å². The maximum Gasteiger partial charge on any atom is 0.291 e. The van der Waals surface area contributed by atoms with Gasteiger partial charge in [0.15, 0.2) is 0 Å². The molecule has 3 heterocycles. The molecule has 3 aromatic rings. The molecule has 0 aliphatic carbocycles. The first kappa shape index (κ1) is 18.5. The van der Waals surface area contributed by atoms with Gasteiger partial charge in [-0.2, -0.15) is 5.10 Å². The van der Waals surface area contributed by atoms with E-state index in [1.54, 1.807) is 13.2 Å². The van der Waals surface area contributed by atoms with Gasteiger partial charge in [-0.3, -0.25) is 14.0 Å². The molecule has 0 unspecified atom stereocenters. The molecule has 1 fully saturated rings. The Balaban J connectivity index is 1.69. The fourth-order valence-electron chi connectivity index (χ4n) is 3.74. The SMILES string of the molecule is CCc1nn(CC(=O)NC[C@H]2CCCO2)c(=O)c2cc3c(OC)cccc3n12. The minimum absolute atomic E-state index is 0.0608. The summed E-state index contributed by atoms with van der Waals surface area (Å²) in [6.07, 6.45) is 2.65. The van der Waals surface area contributed by atoms with Gasteiger partial charge >= 0.3 is 0 Å². The number of nitrogens with zero attached hydrogens (tertiary/aromatic N) is 3. The standard InChI is InChI=1S/C20H24N4O4/c1-3-18-22-23(12-19(25)21-11-13-6-5-9-28-13)20(26)16-10-14-15(24(16)18)7-4-8-17(14)27-2/h4,7-8,10,13H,3,5-6,9,11-12H2,1-2H3,(H,21,25)/t13-/m1/s1. The fraction of sp³-hybridized carbons (Fsp3) is 0.450. The number of amides is 1. The molecule has 1 aliphatic rings. The molecule has 0 spiro atoms. The Labute approximate surface area is 162 Å². The first-order valence-corrected chi connectivity index (χ1v) is 9.58. The molecule has 0 saturated carbocycles. The largest absolute Gasteiger partial charge is 0.496 e. The number of carbonyl (C=O) groups is 1. The smallest absolute Gasteiger partial charge is 0.291 e. The lowest BCUT2D eigenvalue weighted by Crippen LogP contribution is -2.38. The lowest BCUT2D eigenvalue weighted by Gasteiger charge is -2.12. The Hall–Kier alpha value is -2.87. The Kier molecular flexibility index (Phi) is 5.04. The minimum atomic E-state index is -0.303. The predicted octanol–water partition coefficient (Wildman–Crippen LogP) is 1.52. The van der Waals surface area contributed by atoms with Crippen LogP contribution in [-0.4, -0.2) is 46.5 Å². The average molecular weight is 384 g/mol. The van der Waals surface area contributed by atoms with Crippen molar-refractivity contribution in [2.45, 2.75) is 38.8 Å². The monoisotopic (exact) mass is 384 g/mol. The number of hydrogen-bond acceptors (Lipinski definition) is 5. The van der Waals surface area contributed by atoms with E-state index in [0.717, 1.165) is 30.4 Å². The van der Waals surface area contributed by atoms with E-state index in [2.05, 4.69) is 10.4 Å². The van der Waals surface area contributed by atoms with Crippen LogP contribution < -0.4 is 15.6 Å². The zero-order chi connectivity index (χ0) is 19.7. The predicted molar refractivity (Wildman–Crippen MR) is 105 cm³/mol. The van der Waals surface area contributed by atoms with Crippen molar-refractivity contribution in [2.75, 3.05) is 20.3 Å². The molecule has 1 aliphatic heterocycles. The van der Waals surface area contributed by atoms with Gasteiger partial charge < -0.3 is 14.8 Å². The van der Waals surface area contributed by atoms with Crippen molar-refractivity contribution in [1.29, 1.82) is 0 Å². The van der Waals surface area contributed by atoms with Crippen LogP contribution in [0.5, 0.6) is 5.75 Å². The van der Waals surface area contributed by atoms with Crippen molar-refractivity contribution in [3.05, 3.63) is 40.4 Å². The lowest BCUT2D eigenvalue weighted by molar-refractivity contribution is -0.122. The van der Waals surface area contributed by atoms with Gasteiger partial charge in [0.2, 0.25) is 5.91 Å². The van der Waals surface area contributed by atoms with Gasteiger partial charge in [0.05, 0.1) is 18.7 Å². The molecule has 1 aromatic carbocycles. The first-order chi connectivity index (χ1) is 13.6. The highest BCUT2D eigenvalue weighted by Crippen LogP contribution is 2.28. The second kappa shape index (κ2) is 7.63. The van der Waals surface area contributed by atoms with E-state index in [4.69, 9.17) is 9.47 Å². The number of nitrogens with one attached hydrogen (secondary N) is 1. The van der Waals surface area contributed by atoms with Crippen LogP contribution in [0.2, 0.25) is 0 Å². The van der Waals surface area contributed by atoms with E-state index < -0.39 is 0 Å². The quantitative estimate of drug-likeness (QED) is 0.696. The average Bonchev–Trinajstić information content (AvgIpc) is 3.36. The first-order valence-electron chi connectivity index (χ1n) is 9.58. The molecule has 4 rings (SSSR count). The van der Waals surface area contributed by atoms with Crippen LogP contribution in [0.4, 0.5) is 0 Å². The van der Waals surface area contributed by atoms with Crippen LogP contribution in [0.3, 0.4) is 0 Å². The van der Waals surface area contributed by atoms with Gasteiger partial charge in [-0.15, -0.1) is 0 Å². The van der Waals surface area contributed by atoms with Gasteiger partial charge in [-0.1, -0.05) is 13.0 Å². The number of methoxy groups -OCH3 is 1. The number of hydrogen-bond donors (Lipinski definition) is 1. The summed E-state index contributed by atoms with van der Waals surface area (Å²) in [6, 6.07) is 7.48. The zero-order valence-corrected chi connectivity index (χ0v) is 16.1. The van der Waals surface area contributed by atoms with Crippen LogP contribution in [0, 0.1) is 0 Å². The van der Waals surface area contributed by atoms with Crippen LogP contribution >= 0.6 is 0 Å². The Bertz CT molecular complexity index is 1080. The third-order valence-corrected chi connectivity index (χ3v) is 5.13. The minimum Gasteiger partial charge on any atom is -0.496 e. The summed E-state index contributed by atoms with van der Waals surface area (Å²) in [7, 11) is 1.60. The van der Waals surface area contributed by atoms with Gasteiger partial charge in [0.25, 0.3) is 5.56 Å². The highest BCUT2D eigenvalue weighted by molar-refractivity contribution is 5.92. The zero-order valence-electron chi connectivity index (χ0n) is 16.1. The molecule has 1 saturated heterocycles. The summed E-state index contributed by atoms with van der Waals surface area (Å²) in [6.45, 7) is 3.06. The molecule has 0 radical (unpaired) electrons. The van der Waals surface area contributed by atoms with E-state index >= 15 is 0 Å². The number of aromatic nitrogens is 3. The molecule has 28 heavy (non-hydrogen) atoms. The van der Waals surface area contributed by atoms with Crippen molar-refractivity contribution in [3.63, 3.8) is 0 Å². The van der Waals surface area contributed by atoms with E-state index in [-0.39, 0.29) is 24.1 Å². The number of carbonyl (C=O) groups excluding carboxylic acids is 1. The molecule has 0 bridgehead atoms. The number of ether oxygens (including phenoxy) is 2. The van der Waals surface area contributed by atoms with Crippen molar-refractivity contribution in [3.8, 4) is 5.75 Å². The van der Waals surface area contributed by atoms with E-state index in [1.807, 2.05) is 29.5 Å². The van der Waals surface area contributed by atoms with Crippen molar-refractivity contribution in [1.82, 2.24) is 19.5 Å². The normalized spacial score (nSPS) is 16.7. The molecule has 1 N–H and O–H groups in total. The molecule has 2 aromatic heterocycles. The topological polar surface area (TPSA) is 86.9 Å². The van der Waals surface area contributed by atoms with Gasteiger partial charge in [-0.25, -0.2) is 4.68 Å². The summed E-state index contributed by atoms with van der Waals surface area (Å²) in [4.78, 5) is 25.3. The molecular formula is C20H24N4O4. The lowest BCUT2D eigenvalue weighted by atomic mass is 10.2. The maximum absolute atomic E-state index is 13.0. The third kappa shape index (κ3) is 3.24. The molecule has 8 nitrogen and oxygen atoms in total. The van der Waals surface area contributed by atoms with Gasteiger partial charge in [0.1, 0.15) is 23.6 Å². The van der Waals surface area contributed by atoms with E-state index in [1.165, 1.54) is 4.68 Å². The summed E-state index contributed by atoms with van der Waals surface area (Å²) < 4.78 is 14.0. The van der Waals surface area contributed by atoms with Crippen LogP contribution in [0.1, 0.15) is 25.6 Å². The summed E-state index contributed by atoms with van der Waals surface area (Å²) in [5.41, 5.74) is 1.05. The van der Waals surface area contributed by atoms with Crippen LogP contribution in [-0.2, 0) is 22.5 Å². The van der Waals surface area contributed by atoms with E-state index in [0.29, 0.717) is 30.1 Å². The highest BCUT2D eigenvalue weighted by Gasteiger charge is 2.19. The maximum atomic E-state index is 13.0. The summed E-state index contributed by atoms with van der Waals surface area (Å²) >= 11 is 0. The second-order valence-electron chi connectivity index (χ2n) is 6.93. The third-order valence-electron chi connectivity index (χ3n) is 5.13. The van der Waals surface area contributed by atoms with Crippen LogP contribution in [0.25, 0.3) is 16.4 Å². The molecule has 148 valence electrons. The number of benzene rings is 1. The Morgan fingerprint density at radius 3 is 2.96 bits per heavy atom. The van der Waals surface area contributed by atoms with Crippen LogP contribution in [0.15, 0.2) is 29.1 Å². The number of rotatable bonds is 6. The van der Waals surface area contributed by atoms with Crippen molar-refractivity contribution in [2.24, 2.45) is 0 Å². The number of fused-ring (bicyclic) bond motifs is 3. The Morgan fingerprint density at radius 2 is 2.25 bits per heavy atom. The van der Waals surface area contributed by atoms with Crippen molar-refractivity contribution >= 4 is 22.3 Å². The van der Waals surface area contributed by atoms with Crippen molar-refractivity contribution < 1.29 is 14.3 Å². The summed E-state index contributed by atoms with van der Waals surface area (Å²) in [5, 5.41) is 8.14. The molecule has 1 atom stereocenters. The highest BCUT2D eigenvalue weighted by atomic mass is 16.5. The molecular weight excluding hydrogens is 360 g/mol. The summed E-state index contributed by atoms with van der Waals surface area (Å²) in [5.74, 6) is 1.17. The fourth-order valence-corrected chi connectivity index (χ4v) is 3.74. The van der Waals surface area contributed by atoms with E-state index in [9.17, 15) is 9.59 Å². The molecule has 1 amide bonds. The number of aryl methyl sites for hydroxylation is 1. The Morgan fingerprint density at radius 1 is 1.39 bits per heavy atom. The second-order valence-corrected chi connectivity index (χ2v) is 6.93. The molecule has 8 heteroatoms. The van der Waals surface area contributed by atoms with Gasteiger partial charge in [-0.05, 0) is 31.0 Å².